The molecule has 11 nitrogen and oxygen atoms in total. The molecule has 2 aliphatic rings. The summed E-state index contributed by atoms with van der Waals surface area (Å²) in [6.07, 6.45) is 0.397. The highest BCUT2D eigenvalue weighted by atomic mass is 32.2. The van der Waals surface area contributed by atoms with Crippen LogP contribution in [-0.4, -0.2) is 74.2 Å². The van der Waals surface area contributed by atoms with Gasteiger partial charge in [0.05, 0.1) is 29.9 Å². The van der Waals surface area contributed by atoms with Crippen molar-refractivity contribution in [1.82, 2.24) is 14.9 Å². The number of benzene rings is 1. The van der Waals surface area contributed by atoms with Gasteiger partial charge in [0.15, 0.2) is 5.78 Å². The van der Waals surface area contributed by atoms with Crippen LogP contribution in [-0.2, 0) is 38.8 Å². The van der Waals surface area contributed by atoms with Crippen molar-refractivity contribution in [3.8, 4) is 5.75 Å². The number of sulfone groups is 1. The Morgan fingerprint density at radius 2 is 1.92 bits per heavy atom. The van der Waals surface area contributed by atoms with Gasteiger partial charge >= 0.3 is 6.09 Å². The molecule has 1 fully saturated rings. The Hall–Kier alpha value is -3.84. The molecule has 0 unspecified atom stereocenters. The monoisotopic (exact) mass is 558 g/mol. The van der Waals surface area contributed by atoms with Crippen LogP contribution in [0.4, 0.5) is 15.0 Å². The fourth-order valence-electron chi connectivity index (χ4n) is 4.73. The van der Waals surface area contributed by atoms with Crippen LogP contribution in [0.2, 0.25) is 0 Å². The summed E-state index contributed by atoms with van der Waals surface area (Å²) in [6, 6.07) is 9.13. The number of anilines is 1. The molecule has 0 bridgehead atoms. The van der Waals surface area contributed by atoms with E-state index in [-0.39, 0.29) is 44.1 Å². The number of nitrogens with zero attached hydrogens (tertiary/aromatic N) is 3. The molecule has 1 N–H and O–H groups in total. The SMILES string of the molecule is CS(=O)(=O)CCn1c(=O)ccc2ccc(F)c(CCNC[C@H]3CN(c4ccc5c(n4)CC(=O)CO5)C(=O)O3)c21. The number of halogens is 1. The van der Waals surface area contributed by atoms with Crippen molar-refractivity contribution in [2.75, 3.05) is 43.1 Å². The molecule has 206 valence electrons. The summed E-state index contributed by atoms with van der Waals surface area (Å²) < 4.78 is 50.4. The normalized spacial score (nSPS) is 17.3. The largest absolute Gasteiger partial charge is 0.484 e. The van der Waals surface area contributed by atoms with E-state index in [1.807, 2.05) is 0 Å². The Balaban J connectivity index is 1.24. The smallest absolute Gasteiger partial charge is 0.415 e. The van der Waals surface area contributed by atoms with Gasteiger partial charge in [-0.05, 0) is 48.7 Å². The number of aryl methyl sites for hydroxylation is 1. The van der Waals surface area contributed by atoms with E-state index in [4.69, 9.17) is 9.47 Å². The zero-order valence-corrected chi connectivity index (χ0v) is 22.0. The lowest BCUT2D eigenvalue weighted by atomic mass is 10.1. The number of Topliss-reactive ketones (excluding diaryl/α,β-unsaturated/α-hetero) is 1. The van der Waals surface area contributed by atoms with Crippen LogP contribution in [0.3, 0.4) is 0 Å². The number of ether oxygens (including phenoxy) is 2. The van der Waals surface area contributed by atoms with Gasteiger partial charge in [0, 0.05) is 31.0 Å². The average Bonchev–Trinajstić information content (AvgIpc) is 3.26. The first-order valence-corrected chi connectivity index (χ1v) is 14.5. The number of cyclic esters (lactones) is 1. The van der Waals surface area contributed by atoms with Gasteiger partial charge < -0.3 is 19.4 Å². The highest BCUT2D eigenvalue weighted by Crippen LogP contribution is 2.27. The van der Waals surface area contributed by atoms with Crippen LogP contribution in [0.25, 0.3) is 10.9 Å². The minimum Gasteiger partial charge on any atom is -0.484 e. The molecule has 39 heavy (non-hydrogen) atoms. The topological polar surface area (TPSA) is 137 Å². The molecule has 0 saturated carbocycles. The van der Waals surface area contributed by atoms with Crippen LogP contribution < -0.4 is 20.5 Å². The number of fused-ring (bicyclic) bond motifs is 2. The third-order valence-corrected chi connectivity index (χ3v) is 7.55. The lowest BCUT2D eigenvalue weighted by Crippen LogP contribution is -2.32. The van der Waals surface area contributed by atoms with E-state index < -0.39 is 33.4 Å². The molecular weight excluding hydrogens is 531 g/mol. The number of hydrogen-bond acceptors (Lipinski definition) is 9. The average molecular weight is 559 g/mol. The highest BCUT2D eigenvalue weighted by molar-refractivity contribution is 7.90. The molecule has 1 saturated heterocycles. The lowest BCUT2D eigenvalue weighted by molar-refractivity contribution is -0.121. The van der Waals surface area contributed by atoms with Crippen molar-refractivity contribution in [3.05, 3.63) is 63.8 Å². The van der Waals surface area contributed by atoms with Gasteiger partial charge in [0.25, 0.3) is 5.56 Å². The van der Waals surface area contributed by atoms with E-state index in [0.717, 1.165) is 6.26 Å². The zero-order valence-electron chi connectivity index (χ0n) is 21.2. The van der Waals surface area contributed by atoms with Gasteiger partial charge in [-0.2, -0.15) is 0 Å². The maximum Gasteiger partial charge on any atom is 0.415 e. The van der Waals surface area contributed by atoms with Crippen molar-refractivity contribution in [2.24, 2.45) is 0 Å². The first-order valence-electron chi connectivity index (χ1n) is 12.4. The number of ketones is 1. The molecule has 1 aromatic carbocycles. The fourth-order valence-corrected chi connectivity index (χ4v) is 5.25. The summed E-state index contributed by atoms with van der Waals surface area (Å²) in [5.41, 5.74) is 0.736. The molecule has 2 aliphatic heterocycles. The second kappa shape index (κ2) is 10.7. The van der Waals surface area contributed by atoms with E-state index in [9.17, 15) is 27.2 Å². The van der Waals surface area contributed by atoms with E-state index in [0.29, 0.717) is 46.8 Å². The Morgan fingerprint density at radius 3 is 2.72 bits per heavy atom. The first-order chi connectivity index (χ1) is 18.6. The van der Waals surface area contributed by atoms with Crippen LogP contribution in [0.15, 0.2) is 41.2 Å². The summed E-state index contributed by atoms with van der Waals surface area (Å²) in [7, 11) is -3.33. The predicted octanol–water partition coefficient (Wildman–Crippen LogP) is 1.24. The molecule has 0 aliphatic carbocycles. The van der Waals surface area contributed by atoms with Crippen molar-refractivity contribution >= 4 is 38.4 Å². The summed E-state index contributed by atoms with van der Waals surface area (Å²) in [5, 5.41) is 3.80. The Labute approximate surface area is 223 Å². The number of nitrogens with one attached hydrogen (secondary N) is 1. The number of carbonyl (C=O) groups is 2. The number of pyridine rings is 2. The number of amides is 1. The predicted molar refractivity (Wildman–Crippen MR) is 141 cm³/mol. The summed E-state index contributed by atoms with van der Waals surface area (Å²) in [6.45, 7) is 0.774. The minimum atomic E-state index is -3.33. The highest BCUT2D eigenvalue weighted by Gasteiger charge is 2.33. The van der Waals surface area contributed by atoms with Gasteiger partial charge in [-0.1, -0.05) is 0 Å². The van der Waals surface area contributed by atoms with Crippen molar-refractivity contribution in [3.63, 3.8) is 0 Å². The molecular formula is C26H27FN4O7S. The number of hydrogen-bond donors (Lipinski definition) is 1. The molecule has 0 spiro atoms. The minimum absolute atomic E-state index is 0.00883. The van der Waals surface area contributed by atoms with Crippen LogP contribution in [0.1, 0.15) is 11.3 Å². The maximum atomic E-state index is 14.9. The first kappa shape index (κ1) is 26.8. The third-order valence-electron chi connectivity index (χ3n) is 6.63. The van der Waals surface area contributed by atoms with Crippen molar-refractivity contribution in [2.45, 2.75) is 25.5 Å². The Kier molecular flexibility index (Phi) is 7.36. The fraction of sp³-hybridized carbons (Fsp3) is 0.385. The molecule has 1 amide bonds. The van der Waals surface area contributed by atoms with Gasteiger partial charge in [-0.15, -0.1) is 0 Å². The van der Waals surface area contributed by atoms with Gasteiger partial charge in [-0.3, -0.25) is 14.5 Å². The Bertz CT molecular complexity index is 1620. The molecule has 0 radical (unpaired) electrons. The number of aromatic nitrogens is 2. The van der Waals surface area contributed by atoms with Gasteiger partial charge in [0.1, 0.15) is 39.9 Å². The van der Waals surface area contributed by atoms with Crippen LogP contribution in [0.5, 0.6) is 5.75 Å². The zero-order chi connectivity index (χ0) is 27.7. The van der Waals surface area contributed by atoms with Crippen LogP contribution in [0, 0.1) is 5.82 Å². The van der Waals surface area contributed by atoms with Crippen LogP contribution >= 0.6 is 0 Å². The summed E-state index contributed by atoms with van der Waals surface area (Å²) in [5.74, 6) is 0.0540. The van der Waals surface area contributed by atoms with Gasteiger partial charge in [-0.25, -0.2) is 22.6 Å². The summed E-state index contributed by atoms with van der Waals surface area (Å²) in [4.78, 5) is 42.5. The van der Waals surface area contributed by atoms with E-state index >= 15 is 0 Å². The number of rotatable bonds is 9. The second-order valence-corrected chi connectivity index (χ2v) is 11.9. The standard InChI is InChI=1S/C26H27FN4O7S/c1-39(35,36)11-10-30-24(33)7-3-16-2-4-20(27)19(25(16)30)8-9-28-13-18-14-31(26(34)38-18)23-6-5-22-21(29-23)12-17(32)15-37-22/h2-7,18,28H,8-15H2,1H3/t18-/m0/s1. The third kappa shape index (κ3) is 5.93. The maximum absolute atomic E-state index is 14.9. The lowest BCUT2D eigenvalue weighted by Gasteiger charge is -2.18. The molecule has 4 heterocycles. The Morgan fingerprint density at radius 1 is 1.13 bits per heavy atom. The van der Waals surface area contributed by atoms with Crippen molar-refractivity contribution in [1.29, 1.82) is 0 Å². The van der Waals surface area contributed by atoms with E-state index in [1.54, 1.807) is 24.3 Å². The molecule has 3 aromatic rings. The quantitative estimate of drug-likeness (QED) is 0.385. The summed E-state index contributed by atoms with van der Waals surface area (Å²) >= 11 is 0. The molecule has 1 atom stereocenters. The molecule has 5 rings (SSSR count). The molecule has 13 heteroatoms. The van der Waals surface area contributed by atoms with E-state index in [2.05, 4.69) is 10.3 Å². The van der Waals surface area contributed by atoms with E-state index in [1.165, 1.54) is 21.6 Å². The molecule has 2 aromatic heterocycles. The van der Waals surface area contributed by atoms with Gasteiger partial charge in [0.2, 0.25) is 0 Å². The second-order valence-electron chi connectivity index (χ2n) is 9.61. The van der Waals surface area contributed by atoms with Crippen molar-refractivity contribution < 1.29 is 31.9 Å². The number of carbonyl (C=O) groups excluding carboxylic acids is 2.